The van der Waals surface area contributed by atoms with Crippen LogP contribution in [0.15, 0.2) is 60.8 Å². The van der Waals surface area contributed by atoms with Gasteiger partial charge in [-0.25, -0.2) is 13.6 Å². The van der Waals surface area contributed by atoms with E-state index in [1.54, 1.807) is 36.1 Å². The number of benzene rings is 2. The number of carbonyl (C=O) groups excluding carboxylic acids is 1. The lowest BCUT2D eigenvalue weighted by Crippen LogP contribution is -2.38. The van der Waals surface area contributed by atoms with Gasteiger partial charge >= 0.3 is 6.03 Å². The highest BCUT2D eigenvalue weighted by atomic mass is 32.1. The molecule has 0 saturated heterocycles. The summed E-state index contributed by atoms with van der Waals surface area (Å²) in [5.74, 6) is -0.686. The summed E-state index contributed by atoms with van der Waals surface area (Å²) in [6, 6.07) is 14.3. The molecule has 0 radical (unpaired) electrons. The van der Waals surface area contributed by atoms with Crippen molar-refractivity contribution in [2.24, 2.45) is 0 Å². The highest BCUT2D eigenvalue weighted by Gasteiger charge is 2.36. The van der Waals surface area contributed by atoms with Crippen molar-refractivity contribution in [3.8, 4) is 5.00 Å². The van der Waals surface area contributed by atoms with Crippen LogP contribution in [0.1, 0.15) is 51.7 Å². The van der Waals surface area contributed by atoms with E-state index in [0.29, 0.717) is 17.8 Å². The molecule has 0 fully saturated rings. The van der Waals surface area contributed by atoms with Crippen molar-refractivity contribution in [3.05, 3.63) is 105 Å². The van der Waals surface area contributed by atoms with Crippen LogP contribution in [0.4, 0.5) is 19.3 Å². The van der Waals surface area contributed by atoms with Crippen LogP contribution in [0.3, 0.4) is 0 Å². The quantitative estimate of drug-likeness (QED) is 0.319. The van der Waals surface area contributed by atoms with Gasteiger partial charge in [0, 0.05) is 22.3 Å². The van der Waals surface area contributed by atoms with E-state index in [-0.39, 0.29) is 17.7 Å². The summed E-state index contributed by atoms with van der Waals surface area (Å²) in [4.78, 5) is 17.0. The largest absolute Gasteiger partial charge is 0.322 e. The summed E-state index contributed by atoms with van der Waals surface area (Å²) in [5, 5.41) is 4.07. The minimum atomic E-state index is -0.431. The minimum Gasteiger partial charge on any atom is -0.310 e. The van der Waals surface area contributed by atoms with E-state index in [2.05, 4.69) is 9.88 Å². The number of thiophene rings is 1. The van der Waals surface area contributed by atoms with Gasteiger partial charge in [0.1, 0.15) is 16.6 Å². The van der Waals surface area contributed by atoms with Gasteiger partial charge in [-0.1, -0.05) is 18.2 Å². The van der Waals surface area contributed by atoms with Crippen molar-refractivity contribution in [2.45, 2.75) is 45.2 Å². The number of nitrogens with one attached hydrogen (secondary N) is 1. The molecule has 2 aromatic carbocycles. The number of halogens is 2. The van der Waals surface area contributed by atoms with E-state index in [1.165, 1.54) is 40.6 Å². The van der Waals surface area contributed by atoms with E-state index in [4.69, 9.17) is 0 Å². The maximum atomic E-state index is 14.2. The summed E-state index contributed by atoms with van der Waals surface area (Å²) in [6.45, 7) is 2.11. The first-order valence-electron chi connectivity index (χ1n) is 11.9. The van der Waals surface area contributed by atoms with Gasteiger partial charge in [-0.2, -0.15) is 0 Å². The zero-order valence-corrected chi connectivity index (χ0v) is 20.2. The zero-order valence-electron chi connectivity index (χ0n) is 19.4. The van der Waals surface area contributed by atoms with Crippen LogP contribution < -0.4 is 5.32 Å². The number of fused-ring (bicyclic) bond motifs is 5. The SMILES string of the molecule is Cc1ccc(NC(=O)N2Cc3c(sc4c3CCCC4)-n3cccc3C2c2ccc(F)cc2)cc1F. The first-order chi connectivity index (χ1) is 17.0. The predicted molar refractivity (Wildman–Crippen MR) is 134 cm³/mol. The molecule has 6 rings (SSSR count). The molecule has 1 atom stereocenters. The molecule has 1 aliphatic heterocycles. The fraction of sp³-hybridized carbons (Fsp3) is 0.250. The Labute approximate surface area is 206 Å². The molecule has 1 N–H and O–H groups in total. The average Bonchev–Trinajstić information content (AvgIpc) is 3.44. The van der Waals surface area contributed by atoms with Crippen molar-refractivity contribution in [2.75, 3.05) is 5.32 Å². The molecule has 2 aliphatic rings. The van der Waals surface area contributed by atoms with Gasteiger partial charge in [0.05, 0.1) is 18.3 Å². The smallest absolute Gasteiger partial charge is 0.310 e. The second-order valence-corrected chi connectivity index (χ2v) is 10.4. The number of nitrogens with zero attached hydrogens (tertiary/aromatic N) is 2. The molecule has 4 nitrogen and oxygen atoms in total. The number of amides is 2. The van der Waals surface area contributed by atoms with E-state index in [9.17, 15) is 13.6 Å². The lowest BCUT2D eigenvalue weighted by atomic mass is 9.95. The molecule has 0 saturated carbocycles. The number of aryl methyl sites for hydroxylation is 2. The van der Waals surface area contributed by atoms with Crippen LogP contribution >= 0.6 is 11.3 Å². The molecule has 178 valence electrons. The van der Waals surface area contributed by atoms with Crippen molar-refractivity contribution >= 4 is 23.1 Å². The van der Waals surface area contributed by atoms with Gasteiger partial charge in [-0.05, 0) is 85.7 Å². The maximum Gasteiger partial charge on any atom is 0.322 e. The molecule has 2 aromatic heterocycles. The Bertz CT molecular complexity index is 1420. The third-order valence-corrected chi connectivity index (χ3v) is 8.38. The Morgan fingerprint density at radius 3 is 2.63 bits per heavy atom. The second-order valence-electron chi connectivity index (χ2n) is 9.27. The molecular formula is C28H25F2N3OS. The van der Waals surface area contributed by atoms with Crippen molar-refractivity contribution < 1.29 is 13.6 Å². The molecule has 1 unspecified atom stereocenters. The number of anilines is 1. The number of carbonyl (C=O) groups is 1. The Kier molecular flexibility index (Phi) is 5.44. The first-order valence-corrected chi connectivity index (χ1v) is 12.7. The van der Waals surface area contributed by atoms with E-state index >= 15 is 0 Å². The standard InChI is InChI=1S/C28H25F2N3OS/c1-17-8-13-20(15-23(17)30)31-28(34)33-16-22-21-5-2-3-7-25(21)35-27(22)32-14-4-6-24(32)26(33)18-9-11-19(29)12-10-18/h4,6,8-15,26H,2-3,5,7,16H2,1H3,(H,31,34). The number of rotatable bonds is 2. The Hall–Kier alpha value is -3.45. The highest BCUT2D eigenvalue weighted by molar-refractivity contribution is 7.15. The molecule has 0 spiro atoms. The summed E-state index contributed by atoms with van der Waals surface area (Å²) >= 11 is 1.81. The molecule has 0 bridgehead atoms. The van der Waals surface area contributed by atoms with E-state index in [1.807, 2.05) is 29.7 Å². The third kappa shape index (κ3) is 3.84. The van der Waals surface area contributed by atoms with E-state index < -0.39 is 6.04 Å². The molecular weight excluding hydrogens is 464 g/mol. The predicted octanol–water partition coefficient (Wildman–Crippen LogP) is 7.14. The summed E-state index contributed by atoms with van der Waals surface area (Å²) in [7, 11) is 0. The number of hydrogen-bond donors (Lipinski definition) is 1. The van der Waals surface area contributed by atoms with E-state index in [0.717, 1.165) is 35.5 Å². The normalized spacial score (nSPS) is 16.8. The van der Waals surface area contributed by atoms with Crippen LogP contribution in [-0.2, 0) is 19.4 Å². The molecule has 3 heterocycles. The van der Waals surface area contributed by atoms with Gasteiger partial charge in [0.25, 0.3) is 0 Å². The lowest BCUT2D eigenvalue weighted by Gasteiger charge is -2.31. The summed E-state index contributed by atoms with van der Waals surface area (Å²) in [5.41, 5.74) is 5.23. The zero-order chi connectivity index (χ0) is 24.1. The topological polar surface area (TPSA) is 37.3 Å². The van der Waals surface area contributed by atoms with Crippen molar-refractivity contribution in [1.29, 1.82) is 0 Å². The third-order valence-electron chi connectivity index (χ3n) is 7.05. The Balaban J connectivity index is 1.48. The molecule has 2 amide bonds. The summed E-state index contributed by atoms with van der Waals surface area (Å²) < 4.78 is 30.2. The highest BCUT2D eigenvalue weighted by Crippen LogP contribution is 2.44. The van der Waals surface area contributed by atoms with Crippen LogP contribution in [0, 0.1) is 18.6 Å². The number of aromatic nitrogens is 1. The monoisotopic (exact) mass is 489 g/mol. The fourth-order valence-corrected chi connectivity index (χ4v) is 6.65. The molecule has 4 aromatic rings. The van der Waals surface area contributed by atoms with Gasteiger partial charge in [0.15, 0.2) is 0 Å². The van der Waals surface area contributed by atoms with Gasteiger partial charge < -0.3 is 14.8 Å². The Morgan fingerprint density at radius 1 is 1.03 bits per heavy atom. The van der Waals surface area contributed by atoms with Gasteiger partial charge in [0.2, 0.25) is 0 Å². The maximum absolute atomic E-state index is 14.2. The van der Waals surface area contributed by atoms with Gasteiger partial charge in [-0.15, -0.1) is 11.3 Å². The second kappa shape index (κ2) is 8.64. The molecule has 7 heteroatoms. The van der Waals surface area contributed by atoms with Crippen LogP contribution in [0.2, 0.25) is 0 Å². The first kappa shape index (κ1) is 22.0. The summed E-state index contributed by atoms with van der Waals surface area (Å²) in [6.07, 6.45) is 6.46. The average molecular weight is 490 g/mol. The van der Waals surface area contributed by atoms with Crippen LogP contribution in [0.5, 0.6) is 0 Å². The van der Waals surface area contributed by atoms with Gasteiger partial charge in [-0.3, -0.25) is 0 Å². The molecule has 1 aliphatic carbocycles. The van der Waals surface area contributed by atoms with Crippen LogP contribution in [0.25, 0.3) is 5.00 Å². The minimum absolute atomic E-state index is 0.320. The molecule has 35 heavy (non-hydrogen) atoms. The number of hydrogen-bond acceptors (Lipinski definition) is 2. The fourth-order valence-electron chi connectivity index (χ4n) is 5.25. The Morgan fingerprint density at radius 2 is 1.83 bits per heavy atom. The van der Waals surface area contributed by atoms with Crippen molar-refractivity contribution in [3.63, 3.8) is 0 Å². The number of urea groups is 1. The lowest BCUT2D eigenvalue weighted by molar-refractivity contribution is 0.194. The van der Waals surface area contributed by atoms with Crippen LogP contribution in [-0.4, -0.2) is 15.5 Å². The van der Waals surface area contributed by atoms with Crippen molar-refractivity contribution in [1.82, 2.24) is 9.47 Å².